The van der Waals surface area contributed by atoms with E-state index in [1.54, 1.807) is 6.08 Å². The first-order chi connectivity index (χ1) is 16.0. The average molecular weight is 466 g/mol. The minimum atomic E-state index is -0.372. The zero-order valence-corrected chi connectivity index (χ0v) is 19.4. The fourth-order valence-corrected chi connectivity index (χ4v) is 4.88. The van der Waals surface area contributed by atoms with Gasteiger partial charge in [-0.2, -0.15) is 4.98 Å². The molecule has 0 spiro atoms. The van der Waals surface area contributed by atoms with Crippen molar-refractivity contribution in [1.29, 1.82) is 0 Å². The number of imide groups is 1. The third kappa shape index (κ3) is 4.96. The van der Waals surface area contributed by atoms with Crippen LogP contribution < -0.4 is 20.0 Å². The molecule has 33 heavy (non-hydrogen) atoms. The van der Waals surface area contributed by atoms with E-state index in [2.05, 4.69) is 56.2 Å². The molecule has 4 heterocycles. The van der Waals surface area contributed by atoms with Crippen LogP contribution in [0.3, 0.4) is 0 Å². The lowest BCUT2D eigenvalue weighted by Gasteiger charge is -2.37. The van der Waals surface area contributed by atoms with Gasteiger partial charge in [-0.1, -0.05) is 18.2 Å². The number of hydrogen-bond acceptors (Lipinski definition) is 9. The first-order valence-corrected chi connectivity index (χ1v) is 12.0. The predicted molar refractivity (Wildman–Crippen MR) is 132 cm³/mol. The zero-order valence-electron chi connectivity index (χ0n) is 18.6. The van der Waals surface area contributed by atoms with Crippen LogP contribution in [0.2, 0.25) is 0 Å². The van der Waals surface area contributed by atoms with Crippen LogP contribution in [-0.4, -0.2) is 85.4 Å². The molecule has 1 N–H and O–H groups in total. The smallest absolute Gasteiger partial charge is 0.290 e. The normalized spacial score (nSPS) is 21.1. The Morgan fingerprint density at radius 2 is 1.55 bits per heavy atom. The van der Waals surface area contributed by atoms with E-state index < -0.39 is 0 Å². The van der Waals surface area contributed by atoms with E-state index in [0.29, 0.717) is 16.5 Å². The predicted octanol–water partition coefficient (Wildman–Crippen LogP) is 1.88. The maximum atomic E-state index is 12.1. The van der Waals surface area contributed by atoms with Crippen molar-refractivity contribution < 1.29 is 9.59 Å². The molecule has 2 amide bonds. The van der Waals surface area contributed by atoms with Crippen LogP contribution in [0, 0.1) is 0 Å². The Hall–Kier alpha value is -3.11. The van der Waals surface area contributed by atoms with Crippen LogP contribution in [0.5, 0.6) is 0 Å². The van der Waals surface area contributed by atoms with Gasteiger partial charge in [-0.3, -0.25) is 14.9 Å². The number of benzene rings is 1. The summed E-state index contributed by atoms with van der Waals surface area (Å²) in [5.41, 5.74) is 1.87. The number of rotatable bonds is 4. The van der Waals surface area contributed by atoms with Crippen LogP contribution in [0.15, 0.2) is 41.3 Å². The van der Waals surface area contributed by atoms with Gasteiger partial charge in [0.1, 0.15) is 5.82 Å². The van der Waals surface area contributed by atoms with Crippen LogP contribution in [0.4, 0.5) is 22.2 Å². The maximum absolute atomic E-state index is 12.1. The number of nitrogens with one attached hydrogen (secondary N) is 1. The molecule has 0 unspecified atom stereocenters. The van der Waals surface area contributed by atoms with E-state index in [-0.39, 0.29) is 11.1 Å². The molecular weight excluding hydrogens is 438 g/mol. The van der Waals surface area contributed by atoms with E-state index in [0.717, 1.165) is 69.9 Å². The average Bonchev–Trinajstić information content (AvgIpc) is 3.16. The van der Waals surface area contributed by atoms with Gasteiger partial charge in [0.25, 0.3) is 11.1 Å². The molecule has 0 atom stereocenters. The summed E-state index contributed by atoms with van der Waals surface area (Å²) < 4.78 is 0. The van der Waals surface area contributed by atoms with Crippen molar-refractivity contribution in [2.45, 2.75) is 0 Å². The largest absolute Gasteiger partial charge is 0.368 e. The zero-order chi connectivity index (χ0) is 22.8. The molecule has 5 rings (SSSR count). The first-order valence-electron chi connectivity index (χ1n) is 11.2. The van der Waals surface area contributed by atoms with Gasteiger partial charge in [0, 0.05) is 64.1 Å². The molecule has 3 saturated heterocycles. The number of nitrogens with zero attached hydrogens (tertiary/aromatic N) is 6. The van der Waals surface area contributed by atoms with E-state index in [1.165, 1.54) is 5.69 Å². The summed E-state index contributed by atoms with van der Waals surface area (Å²) in [5, 5.41) is 1.96. The van der Waals surface area contributed by atoms with Crippen molar-refractivity contribution in [3.8, 4) is 0 Å². The quantitative estimate of drug-likeness (QED) is 0.680. The van der Waals surface area contributed by atoms with Crippen molar-refractivity contribution in [3.05, 3.63) is 47.0 Å². The van der Waals surface area contributed by atoms with Crippen LogP contribution in [-0.2, 0) is 4.79 Å². The molecule has 0 aliphatic carbocycles. The van der Waals surface area contributed by atoms with Gasteiger partial charge in [0.05, 0.1) is 10.6 Å². The number of anilines is 3. The lowest BCUT2D eigenvalue weighted by atomic mass is 10.2. The lowest BCUT2D eigenvalue weighted by molar-refractivity contribution is -0.115. The Labute approximate surface area is 197 Å². The second-order valence-electron chi connectivity index (χ2n) is 8.40. The van der Waals surface area contributed by atoms with Crippen molar-refractivity contribution in [1.82, 2.24) is 20.2 Å². The number of thioether (sulfide) groups is 1. The Bertz CT molecular complexity index is 1060. The number of carbonyl (C=O) groups is 2. The van der Waals surface area contributed by atoms with Gasteiger partial charge in [-0.05, 0) is 37.0 Å². The number of carbonyl (C=O) groups excluding carboxylic acids is 2. The van der Waals surface area contributed by atoms with Crippen molar-refractivity contribution in [2.75, 3.05) is 74.1 Å². The minimum absolute atomic E-state index is 0.350. The number of piperazine rings is 2. The highest BCUT2D eigenvalue weighted by molar-refractivity contribution is 8.18. The molecule has 1 aromatic heterocycles. The second-order valence-corrected chi connectivity index (χ2v) is 9.42. The summed E-state index contributed by atoms with van der Waals surface area (Å²) in [6.45, 7) is 7.10. The third-order valence-corrected chi connectivity index (χ3v) is 6.96. The number of para-hydroxylation sites is 1. The standard InChI is InChI=1S/C23H27N7O2S/c1-27-7-9-29(10-8-27)20-16-17(15-19-21(31)26-23(32)33-19)24-22(25-20)30-13-11-28(12-14-30)18-5-3-2-4-6-18/h2-6,15-16H,7-14H2,1H3,(H,26,31,32). The van der Waals surface area contributed by atoms with Gasteiger partial charge in [-0.15, -0.1) is 0 Å². The Balaban J connectivity index is 1.40. The fraction of sp³-hybridized carbons (Fsp3) is 0.391. The number of hydrogen-bond donors (Lipinski definition) is 1. The van der Waals surface area contributed by atoms with E-state index in [4.69, 9.17) is 9.97 Å². The van der Waals surface area contributed by atoms with Gasteiger partial charge >= 0.3 is 0 Å². The molecule has 0 bridgehead atoms. The minimum Gasteiger partial charge on any atom is -0.368 e. The summed E-state index contributed by atoms with van der Waals surface area (Å²) >= 11 is 0.910. The fourth-order valence-electron chi connectivity index (χ4n) is 4.21. The van der Waals surface area contributed by atoms with Gasteiger partial charge in [-0.25, -0.2) is 4.98 Å². The van der Waals surface area contributed by atoms with E-state index >= 15 is 0 Å². The number of aromatic nitrogens is 2. The monoisotopic (exact) mass is 465 g/mol. The highest BCUT2D eigenvalue weighted by atomic mass is 32.2. The molecule has 10 heteroatoms. The Kier molecular flexibility index (Phi) is 6.19. The van der Waals surface area contributed by atoms with Crippen molar-refractivity contribution in [3.63, 3.8) is 0 Å². The molecule has 9 nitrogen and oxygen atoms in total. The number of amides is 2. The molecule has 1 aromatic carbocycles. The molecule has 2 aromatic rings. The third-order valence-electron chi connectivity index (χ3n) is 6.15. The first kappa shape index (κ1) is 21.7. The van der Waals surface area contributed by atoms with E-state index in [9.17, 15) is 9.59 Å². The Morgan fingerprint density at radius 1 is 0.879 bits per heavy atom. The molecule has 172 valence electrons. The van der Waals surface area contributed by atoms with E-state index in [1.807, 2.05) is 12.1 Å². The van der Waals surface area contributed by atoms with Gasteiger partial charge < -0.3 is 19.6 Å². The second kappa shape index (κ2) is 9.40. The summed E-state index contributed by atoms with van der Waals surface area (Å²) in [6.07, 6.45) is 1.69. The molecular formula is C23H27N7O2S. The van der Waals surface area contributed by atoms with Crippen LogP contribution in [0.25, 0.3) is 6.08 Å². The highest BCUT2D eigenvalue weighted by Gasteiger charge is 2.27. The van der Waals surface area contributed by atoms with Gasteiger partial charge in [0.15, 0.2) is 0 Å². The molecule has 3 fully saturated rings. The summed E-state index contributed by atoms with van der Waals surface area (Å²) in [7, 11) is 2.12. The van der Waals surface area contributed by atoms with Crippen molar-refractivity contribution in [2.24, 2.45) is 0 Å². The summed E-state index contributed by atoms with van der Waals surface area (Å²) in [5.74, 6) is 1.16. The molecule has 0 saturated carbocycles. The lowest BCUT2D eigenvalue weighted by Crippen LogP contribution is -2.47. The van der Waals surface area contributed by atoms with Crippen molar-refractivity contribution >= 4 is 46.4 Å². The summed E-state index contributed by atoms with van der Waals surface area (Å²) in [4.78, 5) is 42.8. The highest BCUT2D eigenvalue weighted by Crippen LogP contribution is 2.28. The summed E-state index contributed by atoms with van der Waals surface area (Å²) in [6, 6.07) is 12.3. The topological polar surface area (TPSA) is 84.9 Å². The molecule has 0 radical (unpaired) electrons. The molecule has 3 aliphatic heterocycles. The van der Waals surface area contributed by atoms with Gasteiger partial charge in [0.2, 0.25) is 5.95 Å². The number of likely N-dealkylation sites (N-methyl/N-ethyl adjacent to an activating group) is 1. The van der Waals surface area contributed by atoms with Crippen LogP contribution >= 0.6 is 11.8 Å². The molecule has 3 aliphatic rings. The van der Waals surface area contributed by atoms with Crippen LogP contribution in [0.1, 0.15) is 5.69 Å². The maximum Gasteiger partial charge on any atom is 0.290 e. The SMILES string of the molecule is CN1CCN(c2cc(C=C3SC(=O)NC3=O)nc(N3CCN(c4ccccc4)CC3)n2)CC1. The Morgan fingerprint density at radius 3 is 2.21 bits per heavy atom.